The summed E-state index contributed by atoms with van der Waals surface area (Å²) in [5.41, 5.74) is 10.2. The van der Waals surface area contributed by atoms with Gasteiger partial charge in [0.15, 0.2) is 0 Å². The number of hydrogen-bond acceptors (Lipinski definition) is 8. The fourth-order valence-corrected chi connectivity index (χ4v) is 3.87. The summed E-state index contributed by atoms with van der Waals surface area (Å²) in [6, 6.07) is 26.9. The minimum Gasteiger partial charge on any atom is -0.741 e. The van der Waals surface area contributed by atoms with Crippen LogP contribution in [0.4, 0.5) is 11.4 Å². The quantitative estimate of drug-likeness (QED) is 0.0609. The van der Waals surface area contributed by atoms with E-state index in [-0.39, 0.29) is 19.8 Å². The zero-order valence-electron chi connectivity index (χ0n) is 22.1. The molecule has 4 rings (SSSR count). The molecule has 0 atom stereocenters. The number of rotatable bonds is 6. The Morgan fingerprint density at radius 1 is 0.610 bits per heavy atom. The van der Waals surface area contributed by atoms with Gasteiger partial charge in [-0.1, -0.05) is 12.1 Å². The minimum absolute atomic E-state index is 0. The van der Waals surface area contributed by atoms with Crippen LogP contribution < -0.4 is 10.9 Å². The van der Waals surface area contributed by atoms with Crippen molar-refractivity contribution in [3.8, 4) is 0 Å². The second-order valence-electron chi connectivity index (χ2n) is 7.83. The monoisotopic (exact) mass is 859 g/mol. The molecule has 2 N–H and O–H groups in total. The van der Waals surface area contributed by atoms with Crippen LogP contribution in [0.1, 0.15) is 25.2 Å². The normalized spacial score (nSPS) is 12.0. The first kappa shape index (κ1) is 34.8. The summed E-state index contributed by atoms with van der Waals surface area (Å²) in [5.74, 6) is 0. The number of halogens is 2. The number of pyridine rings is 2. The maximum Gasteiger partial charge on any atom is 3.00 e. The standard InChI is InChI=1S/2C14H13IN4S.Ga/c2*1-10(13-4-2-3-9-16-13)18-19-14(20)17-12-7-5-11(15)6-8-12;/h2*2-9H,1H3,(H2,17,19,20);/q;;+3/p-2/b2*18-10+;. The van der Waals surface area contributed by atoms with Gasteiger partial charge in [0.05, 0.1) is 34.2 Å². The van der Waals surface area contributed by atoms with Crippen molar-refractivity contribution in [3.05, 3.63) is 116 Å². The number of benzene rings is 2. The predicted molar refractivity (Wildman–Crippen MR) is 192 cm³/mol. The molecule has 0 saturated heterocycles. The van der Waals surface area contributed by atoms with Gasteiger partial charge in [-0.3, -0.25) is 30.8 Å². The average molecular weight is 860 g/mol. The van der Waals surface area contributed by atoms with Crippen molar-refractivity contribution in [1.82, 2.24) is 20.8 Å². The molecule has 8 nitrogen and oxygen atoms in total. The van der Waals surface area contributed by atoms with Crippen molar-refractivity contribution in [2.75, 3.05) is 0 Å². The molecule has 0 aliphatic heterocycles. The summed E-state index contributed by atoms with van der Waals surface area (Å²) in [6.45, 7) is 3.73. The Kier molecular flexibility index (Phi) is 16.0. The number of nitrogens with zero attached hydrogens (tertiary/aromatic N) is 6. The van der Waals surface area contributed by atoms with Crippen LogP contribution in [0.25, 0.3) is 0 Å². The Hall–Kier alpha value is -2.44. The Morgan fingerprint density at radius 3 is 1.29 bits per heavy atom. The molecule has 2 aromatic heterocycles. The predicted octanol–water partition coefficient (Wildman–Crippen LogP) is 6.09. The molecular formula is C28H24GaI2N8S2+. The van der Waals surface area contributed by atoms with Gasteiger partial charge in [-0.25, -0.2) is 0 Å². The molecule has 0 saturated carbocycles. The summed E-state index contributed by atoms with van der Waals surface area (Å²) >= 11 is 14.7. The summed E-state index contributed by atoms with van der Waals surface area (Å²) in [7, 11) is 0. The topological polar surface area (TPSA) is 99.3 Å². The molecule has 13 heteroatoms. The van der Waals surface area contributed by atoms with Crippen LogP contribution in [0, 0.1) is 7.14 Å². The molecule has 0 aliphatic carbocycles. The van der Waals surface area contributed by atoms with E-state index in [1.54, 1.807) is 12.4 Å². The number of aromatic nitrogens is 2. The van der Waals surface area contributed by atoms with Crippen molar-refractivity contribution in [2.45, 2.75) is 13.8 Å². The minimum atomic E-state index is 0. The molecular weight excluding hydrogens is 836 g/mol. The first-order valence-corrected chi connectivity index (χ1v) is 14.7. The summed E-state index contributed by atoms with van der Waals surface area (Å²) in [6.07, 6.45) is 3.45. The first-order chi connectivity index (χ1) is 19.3. The van der Waals surface area contributed by atoms with E-state index in [4.69, 9.17) is 25.3 Å². The second-order valence-corrected chi connectivity index (χ2v) is 11.1. The number of amidine groups is 2. The van der Waals surface area contributed by atoms with E-state index in [2.05, 4.69) is 86.2 Å². The Bertz CT molecular complexity index is 1370. The van der Waals surface area contributed by atoms with Crippen LogP contribution in [-0.4, -0.2) is 51.5 Å². The fraction of sp³-hybridized carbons (Fsp3) is 0.0714. The molecule has 2 aromatic carbocycles. The van der Waals surface area contributed by atoms with E-state index in [9.17, 15) is 0 Å². The van der Waals surface area contributed by atoms with Gasteiger partial charge in [0, 0.05) is 29.9 Å². The molecule has 204 valence electrons. The van der Waals surface area contributed by atoms with Crippen LogP contribution in [0.15, 0.2) is 118 Å². The first-order valence-electron chi connectivity index (χ1n) is 11.8. The van der Waals surface area contributed by atoms with Gasteiger partial charge in [-0.2, -0.15) is 10.2 Å². The maximum atomic E-state index is 5.13. The second kappa shape index (κ2) is 18.9. The third-order valence-electron chi connectivity index (χ3n) is 4.82. The molecule has 0 radical (unpaired) electrons. The maximum absolute atomic E-state index is 5.13. The molecule has 0 spiro atoms. The molecule has 2 heterocycles. The van der Waals surface area contributed by atoms with E-state index >= 15 is 0 Å². The van der Waals surface area contributed by atoms with Gasteiger partial charge in [0.25, 0.3) is 0 Å². The van der Waals surface area contributed by atoms with Crippen molar-refractivity contribution in [2.24, 2.45) is 20.2 Å². The van der Waals surface area contributed by atoms with Gasteiger partial charge in [-0.05, 0) is 132 Å². The van der Waals surface area contributed by atoms with E-state index in [1.165, 1.54) is 0 Å². The molecule has 4 aromatic rings. The average Bonchev–Trinajstić information content (AvgIpc) is 2.98. The number of nitrogens with one attached hydrogen (secondary N) is 2. The van der Waals surface area contributed by atoms with Crippen molar-refractivity contribution in [1.29, 1.82) is 0 Å². The van der Waals surface area contributed by atoms with Crippen molar-refractivity contribution >= 4 is 123 Å². The molecule has 0 aliphatic rings. The fourth-order valence-electron chi connectivity index (χ4n) is 2.85. The van der Waals surface area contributed by atoms with Crippen LogP contribution >= 0.6 is 45.2 Å². The van der Waals surface area contributed by atoms with E-state index in [1.807, 2.05) is 98.8 Å². The summed E-state index contributed by atoms with van der Waals surface area (Å²) in [5, 5.41) is 8.99. The number of aliphatic imine (C=N–C) groups is 2. The van der Waals surface area contributed by atoms with Crippen LogP contribution in [0.3, 0.4) is 0 Å². The van der Waals surface area contributed by atoms with Crippen LogP contribution in [0.2, 0.25) is 0 Å². The largest absolute Gasteiger partial charge is 3.00 e. The van der Waals surface area contributed by atoms with Gasteiger partial charge < -0.3 is 25.3 Å². The zero-order chi connectivity index (χ0) is 28.7. The smallest absolute Gasteiger partial charge is 0.741 e. The number of hydrogen-bond donors (Lipinski definition) is 2. The van der Waals surface area contributed by atoms with Gasteiger partial charge >= 0.3 is 19.8 Å². The van der Waals surface area contributed by atoms with E-state index < -0.39 is 0 Å². The zero-order valence-corrected chi connectivity index (χ0v) is 30.4. The van der Waals surface area contributed by atoms with E-state index in [0.29, 0.717) is 10.3 Å². The summed E-state index contributed by atoms with van der Waals surface area (Å²) < 4.78 is 2.31. The number of hydrazone groups is 2. The Balaban J connectivity index is 0.000000280. The molecule has 0 unspecified atom stereocenters. The molecule has 0 fully saturated rings. The summed E-state index contributed by atoms with van der Waals surface area (Å²) in [4.78, 5) is 16.9. The molecule has 0 bridgehead atoms. The third-order valence-corrected chi connectivity index (χ3v) is 6.63. The molecule has 0 amide bonds. The van der Waals surface area contributed by atoms with Gasteiger partial charge in [0.2, 0.25) is 0 Å². The van der Waals surface area contributed by atoms with Crippen molar-refractivity contribution in [3.63, 3.8) is 0 Å². The Labute approximate surface area is 291 Å². The van der Waals surface area contributed by atoms with Crippen LogP contribution in [-0.2, 0) is 25.3 Å². The Morgan fingerprint density at radius 2 is 0.976 bits per heavy atom. The van der Waals surface area contributed by atoms with Gasteiger partial charge in [0.1, 0.15) is 0 Å². The third kappa shape index (κ3) is 13.4. The van der Waals surface area contributed by atoms with Gasteiger partial charge in [-0.15, -0.1) is 0 Å². The van der Waals surface area contributed by atoms with Crippen LogP contribution in [0.5, 0.6) is 0 Å². The SMILES string of the molecule is C/C(=N\NC([S-])=Nc1ccc(I)cc1)c1ccccn1.C/C(=N\NC([S-])=Nc1ccc(I)cc1)c1ccccn1.[Ga+3]. The van der Waals surface area contributed by atoms with E-state index in [0.717, 1.165) is 41.3 Å². The molecule has 41 heavy (non-hydrogen) atoms. The van der Waals surface area contributed by atoms with Crippen molar-refractivity contribution < 1.29 is 0 Å².